The number of anilines is 2. The third-order valence-corrected chi connectivity index (χ3v) is 5.04. The fraction of sp³-hybridized carbons (Fsp3) is 0.429. The van der Waals surface area contributed by atoms with Crippen LogP contribution in [0.3, 0.4) is 0 Å². The Labute approximate surface area is 176 Å². The number of hydrogen-bond acceptors (Lipinski definition) is 7. The lowest BCUT2D eigenvalue weighted by Crippen LogP contribution is -2.30. The molecule has 0 radical (unpaired) electrons. The number of esters is 1. The number of carbonyl (C=O) groups is 2. The van der Waals surface area contributed by atoms with Crippen LogP contribution in [0.2, 0.25) is 0 Å². The van der Waals surface area contributed by atoms with E-state index in [0.29, 0.717) is 12.1 Å². The van der Waals surface area contributed by atoms with Crippen molar-refractivity contribution in [3.05, 3.63) is 41.2 Å². The van der Waals surface area contributed by atoms with Crippen molar-refractivity contribution in [1.82, 2.24) is 9.97 Å². The first-order valence-corrected chi connectivity index (χ1v) is 10.6. The molecule has 1 N–H and O–H groups in total. The van der Waals surface area contributed by atoms with Crippen LogP contribution in [0.15, 0.2) is 29.4 Å². The first-order valence-electron chi connectivity index (χ1n) is 9.37. The van der Waals surface area contributed by atoms with Crippen molar-refractivity contribution in [2.75, 3.05) is 30.6 Å². The second kappa shape index (κ2) is 10.2. The number of nitrogens with zero attached hydrogens (tertiary/aromatic N) is 3. The second-order valence-corrected chi connectivity index (χ2v) is 7.70. The standard InChI is InChI=1S/C21H28N4O3S/c1-13-18(14(2)23-21(22-13)29-6)11-12-19(26)28-15(3)20(27)24-16-7-9-17(10-8-16)25(4)5/h7-10,15H,11-12H2,1-6H3,(H,24,27). The molecule has 7 nitrogen and oxygen atoms in total. The number of nitrogens with one attached hydrogen (secondary N) is 1. The van der Waals surface area contributed by atoms with Crippen LogP contribution in [0.1, 0.15) is 30.3 Å². The number of aryl methyl sites for hydroxylation is 2. The molecule has 2 aromatic rings. The molecule has 1 heterocycles. The normalized spacial score (nSPS) is 11.7. The average Bonchev–Trinajstić information content (AvgIpc) is 2.67. The lowest BCUT2D eigenvalue weighted by Gasteiger charge is -2.16. The van der Waals surface area contributed by atoms with Crippen LogP contribution in [0, 0.1) is 13.8 Å². The lowest BCUT2D eigenvalue weighted by atomic mass is 10.1. The van der Waals surface area contributed by atoms with Crippen molar-refractivity contribution in [3.63, 3.8) is 0 Å². The summed E-state index contributed by atoms with van der Waals surface area (Å²) in [7, 11) is 3.89. The third kappa shape index (κ3) is 6.45. The molecule has 0 saturated carbocycles. The van der Waals surface area contributed by atoms with Crippen LogP contribution in [-0.4, -0.2) is 48.3 Å². The highest BCUT2D eigenvalue weighted by molar-refractivity contribution is 7.98. The zero-order valence-corrected chi connectivity index (χ0v) is 18.6. The van der Waals surface area contributed by atoms with Gasteiger partial charge in [-0.1, -0.05) is 11.8 Å². The summed E-state index contributed by atoms with van der Waals surface area (Å²) in [4.78, 5) is 35.3. The smallest absolute Gasteiger partial charge is 0.306 e. The molecule has 156 valence electrons. The predicted octanol–water partition coefficient (Wildman–Crippen LogP) is 3.38. The van der Waals surface area contributed by atoms with Gasteiger partial charge in [0.05, 0.1) is 0 Å². The number of rotatable bonds is 8. The van der Waals surface area contributed by atoms with E-state index in [9.17, 15) is 9.59 Å². The maximum Gasteiger partial charge on any atom is 0.306 e. The monoisotopic (exact) mass is 416 g/mol. The van der Waals surface area contributed by atoms with E-state index >= 15 is 0 Å². The molecule has 0 aliphatic carbocycles. The van der Waals surface area contributed by atoms with Crippen LogP contribution >= 0.6 is 11.8 Å². The van der Waals surface area contributed by atoms with Gasteiger partial charge in [-0.25, -0.2) is 9.97 Å². The SMILES string of the molecule is CSc1nc(C)c(CCC(=O)OC(C)C(=O)Nc2ccc(N(C)C)cc2)c(C)n1. The molecule has 1 aromatic carbocycles. The van der Waals surface area contributed by atoms with Crippen LogP contribution < -0.4 is 10.2 Å². The van der Waals surface area contributed by atoms with E-state index in [4.69, 9.17) is 4.74 Å². The van der Waals surface area contributed by atoms with E-state index in [1.54, 1.807) is 6.92 Å². The fourth-order valence-corrected chi connectivity index (χ4v) is 3.24. The minimum Gasteiger partial charge on any atom is -0.453 e. The Morgan fingerprint density at radius 1 is 1.14 bits per heavy atom. The van der Waals surface area contributed by atoms with Crippen molar-refractivity contribution in [1.29, 1.82) is 0 Å². The summed E-state index contributed by atoms with van der Waals surface area (Å²) < 4.78 is 5.29. The zero-order valence-electron chi connectivity index (χ0n) is 17.8. The number of benzene rings is 1. The van der Waals surface area contributed by atoms with E-state index in [-0.39, 0.29) is 12.3 Å². The van der Waals surface area contributed by atoms with E-state index in [1.165, 1.54) is 11.8 Å². The van der Waals surface area contributed by atoms with Gasteiger partial charge in [-0.2, -0.15) is 0 Å². The molecule has 0 bridgehead atoms. The molecular formula is C21H28N4O3S. The van der Waals surface area contributed by atoms with Gasteiger partial charge in [0, 0.05) is 43.3 Å². The zero-order chi connectivity index (χ0) is 21.6. The van der Waals surface area contributed by atoms with Crippen molar-refractivity contribution >= 4 is 35.0 Å². The Balaban J connectivity index is 1.87. The second-order valence-electron chi connectivity index (χ2n) is 6.92. The Kier molecular flexibility index (Phi) is 8.01. The molecule has 0 fully saturated rings. The third-order valence-electron chi connectivity index (χ3n) is 4.49. The first kappa shape index (κ1) is 22.7. The Bertz CT molecular complexity index is 846. The van der Waals surface area contributed by atoms with Crippen molar-refractivity contribution in [2.45, 2.75) is 44.9 Å². The van der Waals surface area contributed by atoms with Gasteiger partial charge in [-0.3, -0.25) is 9.59 Å². The average molecular weight is 417 g/mol. The Hall–Kier alpha value is -2.61. The molecule has 29 heavy (non-hydrogen) atoms. The number of ether oxygens (including phenoxy) is 1. The molecule has 2 rings (SSSR count). The first-order chi connectivity index (χ1) is 13.7. The highest BCUT2D eigenvalue weighted by atomic mass is 32.2. The summed E-state index contributed by atoms with van der Waals surface area (Å²) in [6.45, 7) is 5.38. The largest absolute Gasteiger partial charge is 0.453 e. The summed E-state index contributed by atoms with van der Waals surface area (Å²) in [5.74, 6) is -0.792. The van der Waals surface area contributed by atoms with Gasteiger partial charge in [0.2, 0.25) is 0 Å². The quantitative estimate of drug-likeness (QED) is 0.401. The van der Waals surface area contributed by atoms with E-state index < -0.39 is 12.1 Å². The molecule has 0 aliphatic heterocycles. The van der Waals surface area contributed by atoms with Crippen LogP contribution in [-0.2, 0) is 20.7 Å². The summed E-state index contributed by atoms with van der Waals surface area (Å²) in [6, 6.07) is 7.43. The maximum atomic E-state index is 12.3. The maximum absolute atomic E-state index is 12.3. The minimum atomic E-state index is -0.881. The van der Waals surface area contributed by atoms with Gasteiger partial charge < -0.3 is 15.0 Å². The number of carbonyl (C=O) groups excluding carboxylic acids is 2. The molecule has 1 atom stereocenters. The highest BCUT2D eigenvalue weighted by Gasteiger charge is 2.19. The topological polar surface area (TPSA) is 84.4 Å². The minimum absolute atomic E-state index is 0.165. The summed E-state index contributed by atoms with van der Waals surface area (Å²) in [5, 5.41) is 3.48. The molecule has 8 heteroatoms. The van der Waals surface area contributed by atoms with Gasteiger partial charge in [0.25, 0.3) is 5.91 Å². The van der Waals surface area contributed by atoms with Gasteiger partial charge in [-0.15, -0.1) is 0 Å². The van der Waals surface area contributed by atoms with Gasteiger partial charge in [0.15, 0.2) is 11.3 Å². The number of thioether (sulfide) groups is 1. The summed E-state index contributed by atoms with van der Waals surface area (Å²) in [5.41, 5.74) is 4.35. The highest BCUT2D eigenvalue weighted by Crippen LogP contribution is 2.18. The molecule has 0 aliphatic rings. The van der Waals surface area contributed by atoms with Crippen LogP contribution in [0.5, 0.6) is 0 Å². The molecule has 1 aromatic heterocycles. The van der Waals surface area contributed by atoms with Crippen molar-refractivity contribution < 1.29 is 14.3 Å². The van der Waals surface area contributed by atoms with Crippen LogP contribution in [0.4, 0.5) is 11.4 Å². The summed E-state index contributed by atoms with van der Waals surface area (Å²) in [6.07, 6.45) is 1.69. The lowest BCUT2D eigenvalue weighted by molar-refractivity contribution is -0.153. The molecule has 0 saturated heterocycles. The van der Waals surface area contributed by atoms with Crippen molar-refractivity contribution in [3.8, 4) is 0 Å². The van der Waals surface area contributed by atoms with Gasteiger partial charge in [-0.05, 0) is 63.3 Å². The van der Waals surface area contributed by atoms with E-state index in [2.05, 4.69) is 15.3 Å². The molecule has 1 unspecified atom stereocenters. The van der Waals surface area contributed by atoms with Gasteiger partial charge >= 0.3 is 5.97 Å². The molecule has 0 spiro atoms. The summed E-state index contributed by atoms with van der Waals surface area (Å²) >= 11 is 1.48. The molecular weight excluding hydrogens is 388 g/mol. The van der Waals surface area contributed by atoms with E-state index in [0.717, 1.165) is 27.8 Å². The predicted molar refractivity (Wildman–Crippen MR) is 117 cm³/mol. The van der Waals surface area contributed by atoms with Crippen LogP contribution in [0.25, 0.3) is 0 Å². The van der Waals surface area contributed by atoms with Crippen molar-refractivity contribution in [2.24, 2.45) is 0 Å². The fourth-order valence-electron chi connectivity index (χ4n) is 2.79. The Morgan fingerprint density at radius 3 is 2.24 bits per heavy atom. The number of amides is 1. The molecule has 1 amide bonds. The van der Waals surface area contributed by atoms with Gasteiger partial charge in [0.1, 0.15) is 0 Å². The number of aromatic nitrogens is 2. The Morgan fingerprint density at radius 2 is 1.72 bits per heavy atom. The number of hydrogen-bond donors (Lipinski definition) is 1. The van der Waals surface area contributed by atoms with E-state index in [1.807, 2.05) is 63.4 Å².